The lowest BCUT2D eigenvalue weighted by Gasteiger charge is -2.35. The summed E-state index contributed by atoms with van der Waals surface area (Å²) in [7, 11) is 2.90. The zero-order valence-corrected chi connectivity index (χ0v) is 12.5. The van der Waals surface area contributed by atoms with Gasteiger partial charge in [0.2, 0.25) is 5.91 Å². The van der Waals surface area contributed by atoms with Crippen LogP contribution in [0.3, 0.4) is 0 Å². The molecule has 0 unspecified atom stereocenters. The van der Waals surface area contributed by atoms with Gasteiger partial charge in [0.05, 0.1) is 24.9 Å². The van der Waals surface area contributed by atoms with Gasteiger partial charge in [0.25, 0.3) is 0 Å². The van der Waals surface area contributed by atoms with E-state index in [0.29, 0.717) is 35.1 Å². The van der Waals surface area contributed by atoms with Gasteiger partial charge in [0.1, 0.15) is 16.9 Å². The summed E-state index contributed by atoms with van der Waals surface area (Å²) in [6.45, 7) is 0. The molecule has 0 radical (unpaired) electrons. The van der Waals surface area contributed by atoms with Gasteiger partial charge in [0.15, 0.2) is 0 Å². The number of carboxylic acids is 1. The normalized spacial score (nSPS) is 15.8. The summed E-state index contributed by atoms with van der Waals surface area (Å²) in [6, 6.07) is 3.01. The van der Waals surface area contributed by atoms with Crippen molar-refractivity contribution in [1.29, 1.82) is 0 Å². The molecule has 1 fully saturated rings. The third-order valence-corrected chi connectivity index (χ3v) is 4.07. The van der Waals surface area contributed by atoms with Crippen LogP contribution in [-0.4, -0.2) is 31.2 Å². The van der Waals surface area contributed by atoms with E-state index in [0.717, 1.165) is 6.42 Å². The average molecular weight is 314 g/mol. The van der Waals surface area contributed by atoms with Crippen molar-refractivity contribution in [2.75, 3.05) is 19.5 Å². The molecule has 6 nitrogen and oxygen atoms in total. The molecule has 0 aromatic heterocycles. The Morgan fingerprint density at radius 2 is 1.86 bits per heavy atom. The topological polar surface area (TPSA) is 84.9 Å². The maximum atomic E-state index is 12.3. The fourth-order valence-corrected chi connectivity index (χ4v) is 2.51. The van der Waals surface area contributed by atoms with E-state index >= 15 is 0 Å². The first kappa shape index (κ1) is 15.4. The zero-order valence-electron chi connectivity index (χ0n) is 11.7. The molecule has 21 heavy (non-hydrogen) atoms. The predicted molar refractivity (Wildman–Crippen MR) is 77.1 cm³/mol. The molecule has 1 amide bonds. The number of amides is 1. The van der Waals surface area contributed by atoms with Gasteiger partial charge in [-0.25, -0.2) is 0 Å². The Hall–Kier alpha value is -1.95. The Balaban J connectivity index is 2.29. The van der Waals surface area contributed by atoms with Gasteiger partial charge < -0.3 is 19.9 Å². The molecule has 1 aliphatic rings. The smallest absolute Gasteiger partial charge is 0.319 e. The van der Waals surface area contributed by atoms with Gasteiger partial charge in [-0.2, -0.15) is 0 Å². The molecule has 0 heterocycles. The van der Waals surface area contributed by atoms with Crippen LogP contribution in [0, 0.1) is 5.41 Å². The molecular weight excluding hydrogens is 298 g/mol. The van der Waals surface area contributed by atoms with Crippen molar-refractivity contribution in [2.45, 2.75) is 19.3 Å². The van der Waals surface area contributed by atoms with E-state index in [-0.39, 0.29) is 0 Å². The van der Waals surface area contributed by atoms with Gasteiger partial charge in [-0.1, -0.05) is 18.0 Å². The van der Waals surface area contributed by atoms with E-state index in [1.165, 1.54) is 26.4 Å². The van der Waals surface area contributed by atoms with Crippen LogP contribution in [0.2, 0.25) is 5.02 Å². The monoisotopic (exact) mass is 313 g/mol. The molecule has 0 spiro atoms. The number of carboxylic acid groups (broad SMARTS) is 1. The molecule has 1 saturated carbocycles. The van der Waals surface area contributed by atoms with Crippen molar-refractivity contribution in [3.05, 3.63) is 17.2 Å². The largest absolute Gasteiger partial charge is 0.495 e. The van der Waals surface area contributed by atoms with Crippen molar-refractivity contribution in [1.82, 2.24) is 0 Å². The quantitative estimate of drug-likeness (QED) is 0.816. The fourth-order valence-electron chi connectivity index (χ4n) is 2.27. The van der Waals surface area contributed by atoms with Crippen LogP contribution >= 0.6 is 11.6 Å². The van der Waals surface area contributed by atoms with E-state index < -0.39 is 17.3 Å². The van der Waals surface area contributed by atoms with Crippen LogP contribution in [0.5, 0.6) is 11.5 Å². The number of hydrogen-bond donors (Lipinski definition) is 2. The van der Waals surface area contributed by atoms with E-state index in [2.05, 4.69) is 5.32 Å². The Morgan fingerprint density at radius 1 is 1.24 bits per heavy atom. The second-order valence-corrected chi connectivity index (χ2v) is 5.29. The Morgan fingerprint density at radius 3 is 2.29 bits per heavy atom. The van der Waals surface area contributed by atoms with Crippen LogP contribution in [0.25, 0.3) is 0 Å². The molecule has 2 N–H and O–H groups in total. The molecule has 0 aliphatic heterocycles. The van der Waals surface area contributed by atoms with E-state index in [4.69, 9.17) is 21.1 Å². The summed E-state index contributed by atoms with van der Waals surface area (Å²) in [5.41, 5.74) is -1.03. The van der Waals surface area contributed by atoms with Crippen molar-refractivity contribution in [2.24, 2.45) is 5.41 Å². The molecule has 1 aromatic carbocycles. The minimum atomic E-state index is -1.35. The SMILES string of the molecule is COc1cc(OC)c(NC(=O)C2(C(=O)O)CCC2)cc1Cl. The van der Waals surface area contributed by atoms with Crippen LogP contribution in [0.15, 0.2) is 12.1 Å². The maximum Gasteiger partial charge on any atom is 0.319 e. The number of hydrogen-bond acceptors (Lipinski definition) is 4. The number of rotatable bonds is 5. The van der Waals surface area contributed by atoms with Gasteiger partial charge in [-0.05, 0) is 18.9 Å². The lowest BCUT2D eigenvalue weighted by Crippen LogP contribution is -2.48. The highest BCUT2D eigenvalue weighted by Crippen LogP contribution is 2.43. The molecule has 0 saturated heterocycles. The number of carbonyl (C=O) groups excluding carboxylic acids is 1. The van der Waals surface area contributed by atoms with Crippen LogP contribution in [0.1, 0.15) is 19.3 Å². The molecule has 0 atom stereocenters. The number of ether oxygens (including phenoxy) is 2. The van der Waals surface area contributed by atoms with Gasteiger partial charge >= 0.3 is 5.97 Å². The number of methoxy groups -OCH3 is 2. The van der Waals surface area contributed by atoms with Crippen LogP contribution in [0.4, 0.5) is 5.69 Å². The summed E-state index contributed by atoms with van der Waals surface area (Å²) in [5, 5.41) is 12.1. The predicted octanol–water partition coefficient (Wildman–Crippen LogP) is 2.55. The minimum absolute atomic E-state index is 0.298. The first-order valence-corrected chi connectivity index (χ1v) is 6.79. The third kappa shape index (κ3) is 2.63. The van der Waals surface area contributed by atoms with Gasteiger partial charge in [0, 0.05) is 6.07 Å². The third-order valence-electron chi connectivity index (χ3n) is 3.77. The first-order chi connectivity index (χ1) is 9.94. The van der Waals surface area contributed by atoms with Crippen molar-refractivity contribution in [3.8, 4) is 11.5 Å². The first-order valence-electron chi connectivity index (χ1n) is 6.41. The number of carbonyl (C=O) groups is 2. The number of halogens is 1. The summed E-state index contributed by atoms with van der Waals surface area (Å²) in [6.07, 6.45) is 1.39. The summed E-state index contributed by atoms with van der Waals surface area (Å²) < 4.78 is 10.2. The minimum Gasteiger partial charge on any atom is -0.495 e. The van der Waals surface area contributed by atoms with Gasteiger partial charge in [-0.15, -0.1) is 0 Å². The standard InChI is InChI=1S/C14H16ClNO5/c1-20-10-7-11(21-2)9(6-8(10)15)16-12(17)14(13(18)19)4-3-5-14/h6-7H,3-5H2,1-2H3,(H,16,17)(H,18,19). The summed E-state index contributed by atoms with van der Waals surface area (Å²) in [4.78, 5) is 23.6. The molecular formula is C14H16ClNO5. The van der Waals surface area contributed by atoms with E-state index in [1.807, 2.05) is 0 Å². The Labute approximate surface area is 127 Å². The summed E-state index contributed by atoms with van der Waals surface area (Å²) in [5.74, 6) is -0.904. The second-order valence-electron chi connectivity index (χ2n) is 4.88. The molecule has 7 heteroatoms. The Kier molecular flexibility index (Phi) is 4.27. The number of aliphatic carboxylic acids is 1. The molecule has 0 bridgehead atoms. The highest BCUT2D eigenvalue weighted by atomic mass is 35.5. The summed E-state index contributed by atoms with van der Waals surface area (Å²) >= 11 is 6.02. The van der Waals surface area contributed by atoms with Gasteiger partial charge in [-0.3, -0.25) is 9.59 Å². The number of anilines is 1. The number of benzene rings is 1. The zero-order chi connectivity index (χ0) is 15.6. The lowest BCUT2D eigenvalue weighted by molar-refractivity contribution is -0.159. The molecule has 1 aromatic rings. The maximum absolute atomic E-state index is 12.3. The van der Waals surface area contributed by atoms with Crippen molar-refractivity contribution < 1.29 is 24.2 Å². The van der Waals surface area contributed by atoms with Crippen LogP contribution < -0.4 is 14.8 Å². The van der Waals surface area contributed by atoms with Crippen LogP contribution in [-0.2, 0) is 9.59 Å². The fraction of sp³-hybridized carbons (Fsp3) is 0.429. The Bertz CT molecular complexity index is 583. The van der Waals surface area contributed by atoms with Crippen molar-refractivity contribution in [3.63, 3.8) is 0 Å². The van der Waals surface area contributed by atoms with E-state index in [1.54, 1.807) is 0 Å². The molecule has 2 rings (SSSR count). The highest BCUT2D eigenvalue weighted by molar-refractivity contribution is 6.32. The lowest BCUT2D eigenvalue weighted by atomic mass is 9.68. The number of nitrogens with one attached hydrogen (secondary N) is 1. The van der Waals surface area contributed by atoms with E-state index in [9.17, 15) is 14.7 Å². The second kappa shape index (κ2) is 5.81. The average Bonchev–Trinajstić information content (AvgIpc) is 2.37. The van der Waals surface area contributed by atoms with Crippen molar-refractivity contribution >= 4 is 29.2 Å². The highest BCUT2D eigenvalue weighted by Gasteiger charge is 2.51. The molecule has 114 valence electrons. The molecule has 1 aliphatic carbocycles.